The lowest BCUT2D eigenvalue weighted by atomic mass is 10.2. The Hall–Kier alpha value is 0.140. The van der Waals surface area contributed by atoms with E-state index in [4.69, 9.17) is 0 Å². The van der Waals surface area contributed by atoms with Crippen LogP contribution in [-0.4, -0.2) is 44.3 Å². The van der Waals surface area contributed by atoms with Gasteiger partial charge in [-0.1, -0.05) is 0 Å². The van der Waals surface area contributed by atoms with E-state index in [9.17, 15) is 4.39 Å². The summed E-state index contributed by atoms with van der Waals surface area (Å²) in [5.41, 5.74) is 0. The van der Waals surface area contributed by atoms with Crippen LogP contribution in [0.3, 0.4) is 0 Å². The molecule has 0 radical (unpaired) electrons. The van der Waals surface area contributed by atoms with Crippen molar-refractivity contribution < 1.29 is 4.39 Å². The van der Waals surface area contributed by atoms with Crippen molar-refractivity contribution in [2.75, 3.05) is 27.2 Å². The largest absolute Gasteiger partial charge is 0.310 e. The second-order valence-corrected chi connectivity index (χ2v) is 3.20. The number of hydrogen-bond acceptors (Lipinski definition) is 2. The summed E-state index contributed by atoms with van der Waals surface area (Å²) in [5, 5.41) is 3.12. The molecule has 0 amide bonds. The molecule has 0 bridgehead atoms. The molecule has 68 valence electrons. The molecule has 1 aliphatic heterocycles. The van der Waals surface area contributed by atoms with Crippen molar-refractivity contribution in [2.24, 2.45) is 0 Å². The summed E-state index contributed by atoms with van der Waals surface area (Å²) in [6.45, 7) is 1.49. The Labute approximate surface area is 73.6 Å². The Balaban J connectivity index is 0.000001000. The van der Waals surface area contributed by atoms with Crippen LogP contribution in [0.4, 0.5) is 4.39 Å². The van der Waals surface area contributed by atoms with Crippen LogP contribution in [0, 0.1) is 0 Å². The van der Waals surface area contributed by atoms with Crippen LogP contribution >= 0.6 is 12.4 Å². The Morgan fingerprint density at radius 2 is 2.18 bits per heavy atom. The number of nitrogens with zero attached hydrogens (tertiary/aromatic N) is 1. The van der Waals surface area contributed by atoms with Crippen LogP contribution in [0.25, 0.3) is 0 Å². The average Bonchev–Trinajstić information content (AvgIpc) is 2.13. The number of likely N-dealkylation sites (N-methyl/N-ethyl adjacent to an activating group) is 1. The van der Waals surface area contributed by atoms with E-state index in [1.165, 1.54) is 0 Å². The molecular weight excluding hydrogens is 167 g/mol. The number of nitrogens with one attached hydrogen (secondary N) is 1. The summed E-state index contributed by atoms with van der Waals surface area (Å²) < 4.78 is 12.5. The SMILES string of the molecule is CN(C)C[C@@H]1C[C@H](F)CN1.Cl. The molecule has 1 fully saturated rings. The Morgan fingerprint density at radius 1 is 1.55 bits per heavy atom. The van der Waals surface area contributed by atoms with E-state index in [1.807, 2.05) is 14.1 Å². The molecule has 0 saturated carbocycles. The van der Waals surface area contributed by atoms with E-state index in [1.54, 1.807) is 0 Å². The van der Waals surface area contributed by atoms with Crippen LogP contribution in [0.1, 0.15) is 6.42 Å². The lowest BCUT2D eigenvalue weighted by Gasteiger charge is -2.15. The van der Waals surface area contributed by atoms with Gasteiger partial charge in [0.05, 0.1) is 0 Å². The number of rotatable bonds is 2. The molecule has 2 atom stereocenters. The average molecular weight is 183 g/mol. The van der Waals surface area contributed by atoms with Gasteiger partial charge >= 0.3 is 0 Å². The van der Waals surface area contributed by atoms with Crippen molar-refractivity contribution in [1.82, 2.24) is 10.2 Å². The first-order chi connectivity index (χ1) is 4.68. The minimum Gasteiger partial charge on any atom is -0.310 e. The Morgan fingerprint density at radius 3 is 2.55 bits per heavy atom. The number of halogens is 2. The van der Waals surface area contributed by atoms with Gasteiger partial charge in [0.15, 0.2) is 0 Å². The van der Waals surface area contributed by atoms with E-state index < -0.39 is 6.17 Å². The van der Waals surface area contributed by atoms with Crippen LogP contribution in [0.5, 0.6) is 0 Å². The first-order valence-electron chi connectivity index (χ1n) is 3.70. The normalized spacial score (nSPS) is 30.5. The third-order valence-corrected chi connectivity index (χ3v) is 1.75. The van der Waals surface area contributed by atoms with E-state index in [-0.39, 0.29) is 12.4 Å². The molecule has 0 unspecified atom stereocenters. The Kier molecular flexibility index (Phi) is 4.97. The van der Waals surface area contributed by atoms with Gasteiger partial charge < -0.3 is 10.2 Å². The Bertz CT molecular complexity index is 111. The lowest BCUT2D eigenvalue weighted by molar-refractivity contribution is 0.328. The molecule has 1 aliphatic rings. The zero-order valence-electron chi connectivity index (χ0n) is 7.01. The maximum absolute atomic E-state index is 12.5. The maximum atomic E-state index is 12.5. The highest BCUT2D eigenvalue weighted by Crippen LogP contribution is 2.09. The fourth-order valence-electron chi connectivity index (χ4n) is 1.35. The third-order valence-electron chi connectivity index (χ3n) is 1.75. The topological polar surface area (TPSA) is 15.3 Å². The van der Waals surface area contributed by atoms with Crippen molar-refractivity contribution in [2.45, 2.75) is 18.6 Å². The van der Waals surface area contributed by atoms with Crippen LogP contribution in [-0.2, 0) is 0 Å². The van der Waals surface area contributed by atoms with Crippen LogP contribution in [0.15, 0.2) is 0 Å². The predicted molar refractivity (Wildman–Crippen MR) is 47.1 cm³/mol. The molecule has 2 nitrogen and oxygen atoms in total. The van der Waals surface area contributed by atoms with Gasteiger partial charge in [-0.2, -0.15) is 0 Å². The molecular formula is C7H16ClFN2. The van der Waals surface area contributed by atoms with E-state index in [0.29, 0.717) is 19.0 Å². The molecule has 1 heterocycles. The summed E-state index contributed by atoms with van der Waals surface area (Å²) in [6.07, 6.45) is 0.0583. The zero-order chi connectivity index (χ0) is 7.56. The van der Waals surface area contributed by atoms with Gasteiger partial charge in [-0.05, 0) is 20.5 Å². The summed E-state index contributed by atoms with van der Waals surface area (Å²) in [5.74, 6) is 0. The van der Waals surface area contributed by atoms with Gasteiger partial charge in [0.2, 0.25) is 0 Å². The summed E-state index contributed by atoms with van der Waals surface area (Å²) in [4.78, 5) is 2.08. The van der Waals surface area contributed by atoms with Crippen molar-refractivity contribution in [1.29, 1.82) is 0 Å². The van der Waals surface area contributed by atoms with Crippen LogP contribution in [0.2, 0.25) is 0 Å². The smallest absolute Gasteiger partial charge is 0.114 e. The first kappa shape index (κ1) is 11.1. The minimum atomic E-state index is -0.620. The predicted octanol–water partition coefficient (Wildman–Crippen LogP) is 0.670. The number of hydrogen-bond donors (Lipinski definition) is 1. The van der Waals surface area contributed by atoms with Crippen molar-refractivity contribution in [3.8, 4) is 0 Å². The zero-order valence-corrected chi connectivity index (χ0v) is 7.83. The van der Waals surface area contributed by atoms with Gasteiger partial charge in [0.1, 0.15) is 6.17 Å². The van der Waals surface area contributed by atoms with Gasteiger partial charge in [0.25, 0.3) is 0 Å². The third kappa shape index (κ3) is 3.89. The fraction of sp³-hybridized carbons (Fsp3) is 1.00. The lowest BCUT2D eigenvalue weighted by Crippen LogP contribution is -2.33. The number of alkyl halides is 1. The van der Waals surface area contributed by atoms with E-state index in [0.717, 1.165) is 6.54 Å². The van der Waals surface area contributed by atoms with Gasteiger partial charge in [0, 0.05) is 19.1 Å². The molecule has 0 aromatic carbocycles. The molecule has 4 heteroatoms. The second kappa shape index (κ2) is 4.91. The maximum Gasteiger partial charge on any atom is 0.114 e. The monoisotopic (exact) mass is 182 g/mol. The van der Waals surface area contributed by atoms with Crippen molar-refractivity contribution in [3.63, 3.8) is 0 Å². The van der Waals surface area contributed by atoms with Gasteiger partial charge in [-0.25, -0.2) is 4.39 Å². The molecule has 0 aromatic rings. The molecule has 0 aliphatic carbocycles. The van der Waals surface area contributed by atoms with Crippen molar-refractivity contribution in [3.05, 3.63) is 0 Å². The highest BCUT2D eigenvalue weighted by Gasteiger charge is 2.23. The molecule has 11 heavy (non-hydrogen) atoms. The van der Waals surface area contributed by atoms with Gasteiger partial charge in [-0.15, -0.1) is 12.4 Å². The summed E-state index contributed by atoms with van der Waals surface area (Å²) in [7, 11) is 4.01. The van der Waals surface area contributed by atoms with E-state index >= 15 is 0 Å². The summed E-state index contributed by atoms with van der Waals surface area (Å²) in [6, 6.07) is 0.366. The highest BCUT2D eigenvalue weighted by molar-refractivity contribution is 5.85. The second-order valence-electron chi connectivity index (χ2n) is 3.20. The molecule has 0 aromatic heterocycles. The van der Waals surface area contributed by atoms with E-state index in [2.05, 4.69) is 10.2 Å². The molecule has 0 spiro atoms. The minimum absolute atomic E-state index is 0. The molecule has 1 saturated heterocycles. The molecule has 1 N–H and O–H groups in total. The fourth-order valence-corrected chi connectivity index (χ4v) is 1.35. The highest BCUT2D eigenvalue weighted by atomic mass is 35.5. The standard InChI is InChI=1S/C7H15FN2.ClH/c1-10(2)5-7-3-6(8)4-9-7;/h6-7,9H,3-5H2,1-2H3;1H/t6-,7-;/m0./s1. The quantitative estimate of drug-likeness (QED) is 0.676. The molecule has 1 rings (SSSR count). The van der Waals surface area contributed by atoms with Crippen molar-refractivity contribution >= 4 is 12.4 Å². The first-order valence-corrected chi connectivity index (χ1v) is 3.70. The summed E-state index contributed by atoms with van der Waals surface area (Å²) >= 11 is 0. The van der Waals surface area contributed by atoms with Crippen LogP contribution < -0.4 is 5.32 Å². The van der Waals surface area contributed by atoms with Gasteiger partial charge in [-0.3, -0.25) is 0 Å².